The van der Waals surface area contributed by atoms with E-state index in [4.69, 9.17) is 0 Å². The van der Waals surface area contributed by atoms with Gasteiger partial charge < -0.3 is 15.5 Å². The maximum Gasteiger partial charge on any atom is 0.243 e. The molecule has 0 unspecified atom stereocenters. The van der Waals surface area contributed by atoms with Crippen LogP contribution in [0.5, 0.6) is 0 Å². The summed E-state index contributed by atoms with van der Waals surface area (Å²) < 4.78 is 28.1. The molecule has 10 heteroatoms. The Labute approximate surface area is 203 Å². The molecule has 1 aromatic rings. The van der Waals surface area contributed by atoms with Crippen LogP contribution in [0.2, 0.25) is 0 Å². The minimum absolute atomic E-state index is 0. The van der Waals surface area contributed by atoms with Gasteiger partial charge >= 0.3 is 0 Å². The van der Waals surface area contributed by atoms with Gasteiger partial charge in [0.25, 0.3) is 0 Å². The first-order chi connectivity index (χ1) is 13.7. The number of benzene rings is 1. The van der Waals surface area contributed by atoms with Gasteiger partial charge in [-0.05, 0) is 45.7 Å². The summed E-state index contributed by atoms with van der Waals surface area (Å²) in [5.41, 5.74) is 0.716. The summed E-state index contributed by atoms with van der Waals surface area (Å²) >= 11 is 1.79. The molecule has 1 aromatic carbocycles. The van der Waals surface area contributed by atoms with E-state index in [0.29, 0.717) is 36.1 Å². The van der Waals surface area contributed by atoms with Crippen molar-refractivity contribution in [1.29, 1.82) is 0 Å². The van der Waals surface area contributed by atoms with Crippen molar-refractivity contribution in [2.45, 2.75) is 37.0 Å². The van der Waals surface area contributed by atoms with Gasteiger partial charge in [-0.25, -0.2) is 13.4 Å². The number of piperazine rings is 1. The molecule has 1 aliphatic heterocycles. The van der Waals surface area contributed by atoms with Crippen LogP contribution in [0, 0.1) is 0 Å². The summed E-state index contributed by atoms with van der Waals surface area (Å²) in [6, 6.07) is 7.18. The molecule has 1 heterocycles. The quantitative estimate of drug-likeness (QED) is 0.285. The Kier molecular flexibility index (Phi) is 11.4. The lowest BCUT2D eigenvalue weighted by molar-refractivity contribution is 0.222. The first-order valence-corrected chi connectivity index (χ1v) is 12.7. The van der Waals surface area contributed by atoms with Gasteiger partial charge in [-0.1, -0.05) is 18.2 Å². The lowest BCUT2D eigenvalue weighted by Gasteiger charge is -2.32. The van der Waals surface area contributed by atoms with E-state index in [1.807, 2.05) is 26.1 Å². The molecule has 30 heavy (non-hydrogen) atoms. The van der Waals surface area contributed by atoms with Crippen LogP contribution >= 0.6 is 35.7 Å². The zero-order valence-corrected chi connectivity index (χ0v) is 22.6. The second-order valence-corrected chi connectivity index (χ2v) is 11.2. The minimum atomic E-state index is -3.52. The number of thioether (sulfide) groups is 1. The van der Waals surface area contributed by atoms with Gasteiger partial charge in [0.1, 0.15) is 0 Å². The van der Waals surface area contributed by atoms with Gasteiger partial charge in [0.2, 0.25) is 10.0 Å². The number of rotatable bonds is 8. The van der Waals surface area contributed by atoms with Crippen molar-refractivity contribution in [3.8, 4) is 0 Å². The molecule has 0 aromatic heterocycles. The summed E-state index contributed by atoms with van der Waals surface area (Å²) in [6.45, 7) is 10.7. The van der Waals surface area contributed by atoms with Gasteiger partial charge in [-0.3, -0.25) is 0 Å². The zero-order valence-electron chi connectivity index (χ0n) is 18.6. The monoisotopic (exact) mass is 569 g/mol. The summed E-state index contributed by atoms with van der Waals surface area (Å²) in [7, 11) is -1.51. The SMILES string of the molecule is CCNC(=NCc1ccccc1S(=O)(=O)N1CCN(C)CC1)NCC(C)(C)SC.I. The molecule has 0 radical (unpaired) electrons. The van der Waals surface area contributed by atoms with Crippen LogP contribution in [0.3, 0.4) is 0 Å². The maximum absolute atomic E-state index is 13.2. The number of guanidine groups is 1. The number of nitrogens with zero attached hydrogens (tertiary/aromatic N) is 3. The van der Waals surface area contributed by atoms with Gasteiger partial charge in [0.05, 0.1) is 11.4 Å². The van der Waals surface area contributed by atoms with Crippen molar-refractivity contribution in [3.63, 3.8) is 0 Å². The first kappa shape index (κ1) is 27.5. The van der Waals surface area contributed by atoms with E-state index in [1.54, 1.807) is 28.2 Å². The molecule has 1 aliphatic rings. The van der Waals surface area contributed by atoms with Crippen LogP contribution in [-0.2, 0) is 16.6 Å². The van der Waals surface area contributed by atoms with Gasteiger partial charge in [0.15, 0.2) is 5.96 Å². The number of aliphatic imine (C=N–C) groups is 1. The summed E-state index contributed by atoms with van der Waals surface area (Å²) in [5.74, 6) is 0.696. The molecule has 2 rings (SSSR count). The largest absolute Gasteiger partial charge is 0.357 e. The van der Waals surface area contributed by atoms with Crippen molar-refractivity contribution in [2.24, 2.45) is 4.99 Å². The number of hydrogen-bond donors (Lipinski definition) is 2. The number of sulfonamides is 1. The van der Waals surface area contributed by atoms with Crippen molar-refractivity contribution in [3.05, 3.63) is 29.8 Å². The summed E-state index contributed by atoms with van der Waals surface area (Å²) in [6.07, 6.45) is 2.09. The molecule has 2 N–H and O–H groups in total. The van der Waals surface area contributed by atoms with E-state index >= 15 is 0 Å². The third kappa shape index (κ3) is 7.85. The molecule has 0 aliphatic carbocycles. The number of halogens is 1. The molecule has 0 spiro atoms. The number of nitrogens with one attached hydrogen (secondary N) is 2. The predicted molar refractivity (Wildman–Crippen MR) is 139 cm³/mol. The minimum Gasteiger partial charge on any atom is -0.357 e. The van der Waals surface area contributed by atoms with E-state index < -0.39 is 10.0 Å². The van der Waals surface area contributed by atoms with E-state index in [0.717, 1.165) is 26.2 Å². The highest BCUT2D eigenvalue weighted by Gasteiger charge is 2.29. The van der Waals surface area contributed by atoms with Crippen LogP contribution in [0.25, 0.3) is 0 Å². The molecule has 1 fully saturated rings. The molecule has 0 amide bonds. The van der Waals surface area contributed by atoms with Crippen LogP contribution in [0.15, 0.2) is 34.2 Å². The van der Waals surface area contributed by atoms with E-state index in [1.165, 1.54) is 0 Å². The predicted octanol–water partition coefficient (Wildman–Crippen LogP) is 2.44. The molecule has 0 saturated carbocycles. The third-order valence-corrected chi connectivity index (χ3v) is 8.29. The summed E-state index contributed by atoms with van der Waals surface area (Å²) in [4.78, 5) is 7.15. The lowest BCUT2D eigenvalue weighted by Crippen LogP contribution is -2.47. The van der Waals surface area contributed by atoms with E-state index in [2.05, 4.69) is 40.6 Å². The van der Waals surface area contributed by atoms with Gasteiger partial charge in [0, 0.05) is 44.0 Å². The molecule has 0 bridgehead atoms. The first-order valence-electron chi connectivity index (χ1n) is 10.0. The number of hydrogen-bond acceptors (Lipinski definition) is 5. The smallest absolute Gasteiger partial charge is 0.243 e. The second-order valence-electron chi connectivity index (χ2n) is 7.83. The lowest BCUT2D eigenvalue weighted by atomic mass is 10.2. The Morgan fingerprint density at radius 2 is 1.80 bits per heavy atom. The van der Waals surface area contributed by atoms with Crippen LogP contribution in [-0.4, -0.2) is 80.9 Å². The Bertz CT molecular complexity index is 794. The topological polar surface area (TPSA) is 77.0 Å². The third-order valence-electron chi connectivity index (χ3n) is 5.04. The normalized spacial score (nSPS) is 16.8. The van der Waals surface area contributed by atoms with Crippen molar-refractivity contribution >= 4 is 51.7 Å². The highest BCUT2D eigenvalue weighted by atomic mass is 127. The molecule has 7 nitrogen and oxygen atoms in total. The Morgan fingerprint density at radius 1 is 1.17 bits per heavy atom. The highest BCUT2D eigenvalue weighted by molar-refractivity contribution is 14.0. The standard InChI is InChI=1S/C20H35N5O2S2.HI/c1-6-21-19(23-16-20(2,3)28-5)22-15-17-9-7-8-10-18(17)29(26,27)25-13-11-24(4)12-14-25;/h7-10H,6,11-16H2,1-5H3,(H2,21,22,23);1H. The Balaban J connectivity index is 0.00000450. The van der Waals surface area contributed by atoms with E-state index in [9.17, 15) is 8.42 Å². The fourth-order valence-corrected chi connectivity index (χ4v) is 4.78. The van der Waals surface area contributed by atoms with Crippen molar-refractivity contribution in [1.82, 2.24) is 19.8 Å². The van der Waals surface area contributed by atoms with Crippen LogP contribution in [0.1, 0.15) is 26.3 Å². The molecular weight excluding hydrogens is 533 g/mol. The highest BCUT2D eigenvalue weighted by Crippen LogP contribution is 2.22. The van der Waals surface area contributed by atoms with Crippen molar-refractivity contribution in [2.75, 3.05) is 52.6 Å². The summed E-state index contributed by atoms with van der Waals surface area (Å²) in [5, 5.41) is 6.60. The Hall–Kier alpha value is -0.560. The molecule has 1 saturated heterocycles. The van der Waals surface area contributed by atoms with E-state index in [-0.39, 0.29) is 28.7 Å². The molecule has 0 atom stereocenters. The molecule has 172 valence electrons. The number of likely N-dealkylation sites (N-methyl/N-ethyl adjacent to an activating group) is 1. The van der Waals surface area contributed by atoms with Crippen LogP contribution < -0.4 is 10.6 Å². The average Bonchev–Trinajstić information content (AvgIpc) is 2.70. The van der Waals surface area contributed by atoms with Gasteiger partial charge in [-0.15, -0.1) is 24.0 Å². The Morgan fingerprint density at radius 3 is 2.40 bits per heavy atom. The molecular formula is C20H36IN5O2S2. The fraction of sp³-hybridized carbons (Fsp3) is 0.650. The second kappa shape index (κ2) is 12.5. The van der Waals surface area contributed by atoms with Crippen LogP contribution in [0.4, 0.5) is 0 Å². The fourth-order valence-electron chi connectivity index (χ4n) is 2.93. The average molecular weight is 570 g/mol. The van der Waals surface area contributed by atoms with Crippen molar-refractivity contribution < 1.29 is 8.42 Å². The zero-order chi connectivity index (χ0) is 21.5. The van der Waals surface area contributed by atoms with Gasteiger partial charge in [-0.2, -0.15) is 16.1 Å². The maximum atomic E-state index is 13.2.